The van der Waals surface area contributed by atoms with Crippen molar-refractivity contribution in [2.75, 3.05) is 35.9 Å². The topological polar surface area (TPSA) is 102 Å². The third kappa shape index (κ3) is 3.66. The number of ether oxygens (including phenoxy) is 1. The van der Waals surface area contributed by atoms with Crippen molar-refractivity contribution >= 4 is 43.3 Å². The second-order valence-electron chi connectivity index (χ2n) is 6.10. The van der Waals surface area contributed by atoms with Crippen LogP contribution in [0.4, 0.5) is 11.7 Å². The second kappa shape index (κ2) is 7.38. The SMILES string of the molecule is C=CS(=O)(=O)Nc1cc(-c2csc3c(=O)cc(N4CCOCC4)oc23)ccn1. The average Bonchev–Trinajstić information content (AvgIpc) is 3.13. The van der Waals surface area contributed by atoms with Crippen LogP contribution >= 0.6 is 11.3 Å². The van der Waals surface area contributed by atoms with Crippen molar-refractivity contribution in [1.82, 2.24) is 4.98 Å². The first-order valence-electron chi connectivity index (χ1n) is 8.46. The molecule has 0 aromatic carbocycles. The van der Waals surface area contributed by atoms with E-state index in [1.807, 2.05) is 10.3 Å². The highest BCUT2D eigenvalue weighted by molar-refractivity contribution is 7.95. The maximum absolute atomic E-state index is 12.6. The molecular weight excluding hydrogens is 402 g/mol. The molecule has 0 bridgehead atoms. The van der Waals surface area contributed by atoms with Gasteiger partial charge in [0.15, 0.2) is 11.5 Å². The lowest BCUT2D eigenvalue weighted by molar-refractivity contribution is 0.121. The number of hydrogen-bond donors (Lipinski definition) is 1. The van der Waals surface area contributed by atoms with Gasteiger partial charge in [0, 0.05) is 41.7 Å². The van der Waals surface area contributed by atoms with E-state index < -0.39 is 10.0 Å². The molecule has 3 aromatic rings. The Bertz CT molecular complexity index is 1190. The van der Waals surface area contributed by atoms with E-state index in [0.29, 0.717) is 53.6 Å². The van der Waals surface area contributed by atoms with Crippen LogP contribution in [0.5, 0.6) is 0 Å². The lowest BCUT2D eigenvalue weighted by atomic mass is 10.1. The first kappa shape index (κ1) is 18.7. The molecule has 8 nitrogen and oxygen atoms in total. The highest BCUT2D eigenvalue weighted by Crippen LogP contribution is 2.35. The number of anilines is 2. The Morgan fingerprint density at radius 2 is 2.07 bits per heavy atom. The fourth-order valence-electron chi connectivity index (χ4n) is 2.91. The van der Waals surface area contributed by atoms with Gasteiger partial charge in [-0.05, 0) is 17.7 Å². The van der Waals surface area contributed by atoms with Gasteiger partial charge < -0.3 is 14.1 Å². The number of thiophene rings is 1. The third-order valence-corrected chi connectivity index (χ3v) is 6.20. The Morgan fingerprint density at radius 3 is 2.82 bits per heavy atom. The Hall–Kier alpha value is -2.69. The molecule has 0 amide bonds. The summed E-state index contributed by atoms with van der Waals surface area (Å²) < 4.78 is 37.7. The first-order valence-corrected chi connectivity index (χ1v) is 10.9. The molecule has 1 aliphatic rings. The van der Waals surface area contributed by atoms with Crippen molar-refractivity contribution in [1.29, 1.82) is 0 Å². The summed E-state index contributed by atoms with van der Waals surface area (Å²) in [6.07, 6.45) is 1.49. The monoisotopic (exact) mass is 419 g/mol. The molecule has 146 valence electrons. The average molecular weight is 419 g/mol. The van der Waals surface area contributed by atoms with Gasteiger partial charge in [0.1, 0.15) is 10.5 Å². The van der Waals surface area contributed by atoms with Crippen LogP contribution in [0.1, 0.15) is 0 Å². The molecule has 1 N–H and O–H groups in total. The number of hydrogen-bond acceptors (Lipinski definition) is 8. The molecule has 0 atom stereocenters. The lowest BCUT2D eigenvalue weighted by Gasteiger charge is -2.27. The summed E-state index contributed by atoms with van der Waals surface area (Å²) in [5, 5.41) is 2.63. The van der Waals surface area contributed by atoms with E-state index in [1.165, 1.54) is 23.6 Å². The van der Waals surface area contributed by atoms with Gasteiger partial charge >= 0.3 is 0 Å². The summed E-state index contributed by atoms with van der Waals surface area (Å²) in [6.45, 7) is 5.72. The van der Waals surface area contributed by atoms with Crippen molar-refractivity contribution in [2.45, 2.75) is 0 Å². The van der Waals surface area contributed by atoms with Gasteiger partial charge in [-0.1, -0.05) is 6.58 Å². The molecule has 0 unspecified atom stereocenters. The number of rotatable bonds is 5. The minimum absolute atomic E-state index is 0.111. The van der Waals surface area contributed by atoms with Crippen molar-refractivity contribution < 1.29 is 17.6 Å². The number of fused-ring (bicyclic) bond motifs is 1. The predicted octanol–water partition coefficient (Wildman–Crippen LogP) is 2.64. The van der Waals surface area contributed by atoms with Crippen molar-refractivity contribution in [2.24, 2.45) is 0 Å². The van der Waals surface area contributed by atoms with Crippen LogP contribution in [0.3, 0.4) is 0 Å². The summed E-state index contributed by atoms with van der Waals surface area (Å²) in [4.78, 5) is 18.6. The minimum atomic E-state index is -3.67. The van der Waals surface area contributed by atoms with Crippen LogP contribution in [0.25, 0.3) is 21.4 Å². The third-order valence-electron chi connectivity index (χ3n) is 4.29. The van der Waals surface area contributed by atoms with Gasteiger partial charge in [-0.15, -0.1) is 11.3 Å². The number of nitrogens with one attached hydrogen (secondary N) is 1. The van der Waals surface area contributed by atoms with Crippen LogP contribution in [-0.4, -0.2) is 39.7 Å². The van der Waals surface area contributed by atoms with Gasteiger partial charge in [0.05, 0.1) is 13.2 Å². The zero-order chi connectivity index (χ0) is 19.7. The molecule has 0 radical (unpaired) electrons. The molecule has 28 heavy (non-hydrogen) atoms. The zero-order valence-corrected chi connectivity index (χ0v) is 16.4. The van der Waals surface area contributed by atoms with Crippen LogP contribution in [-0.2, 0) is 14.8 Å². The van der Waals surface area contributed by atoms with E-state index in [1.54, 1.807) is 12.1 Å². The highest BCUT2D eigenvalue weighted by Gasteiger charge is 2.19. The molecular formula is C18H17N3O5S2. The number of aromatic nitrogens is 1. The molecule has 0 aliphatic carbocycles. The van der Waals surface area contributed by atoms with Gasteiger partial charge in [-0.25, -0.2) is 13.4 Å². The first-order chi connectivity index (χ1) is 13.5. The van der Waals surface area contributed by atoms with E-state index in [9.17, 15) is 13.2 Å². The van der Waals surface area contributed by atoms with Crippen molar-refractivity contribution in [3.8, 4) is 11.1 Å². The van der Waals surface area contributed by atoms with Gasteiger partial charge in [-0.3, -0.25) is 9.52 Å². The molecule has 4 heterocycles. The smallest absolute Gasteiger partial charge is 0.255 e. The minimum Gasteiger partial charge on any atom is -0.439 e. The van der Waals surface area contributed by atoms with Crippen molar-refractivity contribution in [3.05, 3.63) is 52.0 Å². The Kier molecular flexibility index (Phi) is 4.92. The Morgan fingerprint density at radius 1 is 1.29 bits per heavy atom. The van der Waals surface area contributed by atoms with Crippen LogP contribution < -0.4 is 15.1 Å². The van der Waals surface area contributed by atoms with Crippen LogP contribution in [0.15, 0.2) is 51.0 Å². The summed E-state index contributed by atoms with van der Waals surface area (Å²) in [5.41, 5.74) is 1.75. The quantitative estimate of drug-likeness (QED) is 0.678. The Labute approximate surface area is 165 Å². The molecule has 4 rings (SSSR count). The van der Waals surface area contributed by atoms with Crippen LogP contribution in [0.2, 0.25) is 0 Å². The number of pyridine rings is 1. The normalized spacial score (nSPS) is 14.9. The fourth-order valence-corrected chi connectivity index (χ4v) is 4.31. The summed E-state index contributed by atoms with van der Waals surface area (Å²) >= 11 is 1.29. The molecule has 0 saturated carbocycles. The van der Waals surface area contributed by atoms with Crippen LogP contribution in [0, 0.1) is 0 Å². The summed E-state index contributed by atoms with van der Waals surface area (Å²) in [5.74, 6) is 0.658. The molecule has 10 heteroatoms. The van der Waals surface area contributed by atoms with E-state index in [-0.39, 0.29) is 11.2 Å². The summed E-state index contributed by atoms with van der Waals surface area (Å²) in [7, 11) is -3.67. The van der Waals surface area contributed by atoms with Gasteiger partial charge in [0.25, 0.3) is 10.0 Å². The molecule has 1 fully saturated rings. The molecule has 1 aliphatic heterocycles. The van der Waals surface area contributed by atoms with E-state index in [2.05, 4.69) is 16.3 Å². The lowest BCUT2D eigenvalue weighted by Crippen LogP contribution is -2.36. The Balaban J connectivity index is 1.78. The zero-order valence-electron chi connectivity index (χ0n) is 14.8. The molecule has 3 aromatic heterocycles. The maximum Gasteiger partial charge on any atom is 0.255 e. The standard InChI is InChI=1S/C18H17N3O5S2/c1-2-28(23,24)20-15-9-12(3-4-19-15)13-11-27-18-14(22)10-16(26-17(13)18)21-5-7-25-8-6-21/h2-4,9-11H,1,5-8H2,(H,19,20). The van der Waals surface area contributed by atoms with E-state index >= 15 is 0 Å². The number of morpholine rings is 1. The fraction of sp³-hybridized carbons (Fsp3) is 0.222. The van der Waals surface area contributed by atoms with E-state index in [4.69, 9.17) is 9.15 Å². The molecule has 0 spiro atoms. The van der Waals surface area contributed by atoms with Crippen molar-refractivity contribution in [3.63, 3.8) is 0 Å². The number of sulfonamides is 1. The molecule has 1 saturated heterocycles. The highest BCUT2D eigenvalue weighted by atomic mass is 32.2. The largest absolute Gasteiger partial charge is 0.439 e. The maximum atomic E-state index is 12.6. The summed E-state index contributed by atoms with van der Waals surface area (Å²) in [6, 6.07) is 4.82. The second-order valence-corrected chi connectivity index (χ2v) is 8.61. The van der Waals surface area contributed by atoms with Gasteiger partial charge in [0.2, 0.25) is 5.43 Å². The predicted molar refractivity (Wildman–Crippen MR) is 109 cm³/mol. The van der Waals surface area contributed by atoms with E-state index in [0.717, 1.165) is 5.41 Å². The van der Waals surface area contributed by atoms with Gasteiger partial charge in [-0.2, -0.15) is 0 Å². The number of nitrogens with zero attached hydrogens (tertiary/aromatic N) is 2.